The average Bonchev–Trinajstić information content (AvgIpc) is 1.60. The number of aromatic nitrogens is 4. The van der Waals surface area contributed by atoms with E-state index in [0.717, 1.165) is 4.90 Å². The molecule has 4 aromatic heterocycles. The lowest BCUT2D eigenvalue weighted by Crippen LogP contribution is -2.44. The summed E-state index contributed by atoms with van der Waals surface area (Å²) in [5, 5.41) is 39.1. The van der Waals surface area contributed by atoms with Gasteiger partial charge in [0.2, 0.25) is 47.3 Å². The zero-order valence-electron chi connectivity index (χ0n) is 76.9. The fourth-order valence-corrected chi connectivity index (χ4v) is 17.3. The summed E-state index contributed by atoms with van der Waals surface area (Å²) in [6.45, 7) is 13.9. The molecule has 0 bridgehead atoms. The van der Waals surface area contributed by atoms with Crippen LogP contribution in [0.1, 0.15) is 207 Å². The van der Waals surface area contributed by atoms with Gasteiger partial charge in [0.25, 0.3) is 22.9 Å². The van der Waals surface area contributed by atoms with Crippen LogP contribution in [0.3, 0.4) is 0 Å². The highest BCUT2D eigenvalue weighted by atomic mass is 32.2. The summed E-state index contributed by atoms with van der Waals surface area (Å²) < 4.78 is 53.7. The number of aliphatic hydroxyl groups is 2. The lowest BCUT2D eigenvalue weighted by Gasteiger charge is -2.31. The molecule has 6 aromatic rings. The molecule has 0 radical (unpaired) electrons. The zero-order chi connectivity index (χ0) is 98.2. The van der Waals surface area contributed by atoms with E-state index in [0.29, 0.717) is 112 Å². The van der Waals surface area contributed by atoms with Gasteiger partial charge in [-0.1, -0.05) is 54.4 Å². The number of esters is 2. The van der Waals surface area contributed by atoms with E-state index in [1.54, 1.807) is 78.3 Å². The lowest BCUT2D eigenvalue weighted by molar-refractivity contribution is -0.172. The van der Waals surface area contributed by atoms with Gasteiger partial charge in [-0.3, -0.25) is 86.5 Å². The summed E-state index contributed by atoms with van der Waals surface area (Å²) in [6, 6.07) is 6.97. The molecule has 40 heteroatoms. The number of thioether (sulfide) groups is 1. The quantitative estimate of drug-likeness (QED) is 0.00701. The second kappa shape index (κ2) is 45.8. The fraction of sp³-hybridized carbons (Fsp3) is 0.511. The molecule has 0 aliphatic carbocycles. The molecular formula is C94H114F2N12O24S2. The van der Waals surface area contributed by atoms with Crippen molar-refractivity contribution in [3.05, 3.63) is 137 Å². The Morgan fingerprint density at radius 3 is 1.30 bits per heavy atom. The summed E-state index contributed by atoms with van der Waals surface area (Å²) in [5.41, 5.74) is 0.300. The molecule has 1 fully saturated rings. The number of rotatable bonds is 43. The second-order valence-electron chi connectivity index (χ2n) is 34.4. The molecule has 10 heterocycles. The molecule has 36 nitrogen and oxygen atoms in total. The van der Waals surface area contributed by atoms with Crippen LogP contribution in [0.25, 0.3) is 44.6 Å². The molecular weight excluding hydrogens is 1780 g/mol. The monoisotopic (exact) mass is 1900 g/mol. The number of nitrogens with one attached hydrogen (secondary N) is 6. The maximum absolute atomic E-state index is 14.9. The number of ketones is 4. The molecule has 6 aliphatic heterocycles. The van der Waals surface area contributed by atoms with Crippen molar-refractivity contribution in [2.45, 2.75) is 233 Å². The third-order valence-corrected chi connectivity index (χ3v) is 25.8. The summed E-state index contributed by atoms with van der Waals surface area (Å²) in [7, 11) is 0. The average molecular weight is 1900 g/mol. The van der Waals surface area contributed by atoms with E-state index in [4.69, 9.17) is 28.9 Å². The van der Waals surface area contributed by atoms with Crippen LogP contribution in [0.2, 0.25) is 0 Å². The summed E-state index contributed by atoms with van der Waals surface area (Å²) in [4.78, 5) is 240. The number of nitrogens with zero attached hydrogens (tertiary/aromatic N) is 6. The van der Waals surface area contributed by atoms with E-state index in [1.165, 1.54) is 77.8 Å². The summed E-state index contributed by atoms with van der Waals surface area (Å²) in [5.74, 6) is -11.0. The van der Waals surface area contributed by atoms with Crippen molar-refractivity contribution in [1.82, 2.24) is 60.8 Å². The van der Waals surface area contributed by atoms with Gasteiger partial charge in [0.15, 0.2) is 22.8 Å². The van der Waals surface area contributed by atoms with E-state index >= 15 is 0 Å². The van der Waals surface area contributed by atoms with Crippen LogP contribution in [0.5, 0.6) is 0 Å². The molecule has 8 N–H and O–H groups in total. The first-order chi connectivity index (χ1) is 63.6. The minimum Gasteiger partial charge on any atom is -0.458 e. The van der Waals surface area contributed by atoms with Crippen LogP contribution >= 0.6 is 24.4 Å². The van der Waals surface area contributed by atoms with Crippen molar-refractivity contribution in [2.24, 2.45) is 23.7 Å². The van der Waals surface area contributed by atoms with E-state index in [9.17, 15) is 105 Å². The van der Waals surface area contributed by atoms with Crippen LogP contribution in [0, 0.1) is 49.2 Å². The predicted octanol–water partition coefficient (Wildman–Crippen LogP) is 5.94. The first-order valence-corrected chi connectivity index (χ1v) is 46.7. The molecule has 12 rings (SSSR count). The van der Waals surface area contributed by atoms with E-state index in [2.05, 4.69) is 44.5 Å². The SMILES string of the molecule is CC[C@@]1(O)C(=O)OCc2c1cc1n(c2=O)Cc2c-1nc1cc(F)c(C)cc1c2CNC(=O)COCNC(=O)[C@H](C)CC(=O)[C@H](C)NC(=O)[C@H](C)CC(=O)CCCCCN1C(=O)C=CC1=O.CC[C@@]1(O)C(=O)OCc2c1cc1n(c2=O)Cc2c-1nc1cc(F)c(C)cc1c2CNC(=O)COCNC(=O)[C@H](C)CC(=O)[C@H](C)NC(=O)[C@H](C)CC(=O)CCCCCN1C(=O)CC(SC)C1=O.CS. The Balaban J connectivity index is 0.000000273. The number of imide groups is 2. The van der Waals surface area contributed by atoms with Gasteiger partial charge in [-0.15, -0.1) is 0 Å². The Morgan fingerprint density at radius 1 is 0.530 bits per heavy atom. The molecule has 6 aliphatic rings. The minimum atomic E-state index is -2.04. The van der Waals surface area contributed by atoms with Crippen molar-refractivity contribution in [3.8, 4) is 22.8 Å². The highest BCUT2D eigenvalue weighted by molar-refractivity contribution is 8.00. The van der Waals surface area contributed by atoms with Gasteiger partial charge in [0, 0.05) is 152 Å². The van der Waals surface area contributed by atoms with Crippen molar-refractivity contribution < 1.29 is 115 Å². The number of Topliss-reactive ketones (excluding diaryl/α,β-unsaturated/α-hetero) is 4. The number of hydrogen-bond donors (Lipinski definition) is 9. The number of ether oxygens (including phenoxy) is 4. The number of amides is 10. The topological polar surface area (TPSA) is 499 Å². The molecule has 0 spiro atoms. The molecule has 720 valence electrons. The molecule has 0 saturated carbocycles. The number of pyridine rings is 4. The Bertz CT molecular complexity index is 5840. The number of fused-ring (bicyclic) bond motifs is 10. The lowest BCUT2D eigenvalue weighted by atomic mass is 9.86. The van der Waals surface area contributed by atoms with Crippen LogP contribution in [-0.4, -0.2) is 203 Å². The highest BCUT2D eigenvalue weighted by Gasteiger charge is 2.48. The predicted molar refractivity (Wildman–Crippen MR) is 487 cm³/mol. The van der Waals surface area contributed by atoms with Crippen LogP contribution in [0.4, 0.5) is 8.78 Å². The Morgan fingerprint density at radius 2 is 0.918 bits per heavy atom. The Hall–Kier alpha value is -12.0. The smallest absolute Gasteiger partial charge is 0.343 e. The highest BCUT2D eigenvalue weighted by Crippen LogP contribution is 2.44. The Kier molecular flexibility index (Phi) is 35.6. The van der Waals surface area contributed by atoms with Crippen LogP contribution < -0.4 is 43.0 Å². The van der Waals surface area contributed by atoms with Crippen molar-refractivity contribution in [1.29, 1.82) is 0 Å². The van der Waals surface area contributed by atoms with E-state index in [1.807, 2.05) is 0 Å². The third-order valence-electron chi connectivity index (χ3n) is 24.9. The normalized spacial score (nSPS) is 17.9. The van der Waals surface area contributed by atoms with Gasteiger partial charge in [-0.05, 0) is 125 Å². The Labute approximate surface area is 780 Å². The van der Waals surface area contributed by atoms with Gasteiger partial charge < -0.3 is 70.2 Å². The van der Waals surface area contributed by atoms with Gasteiger partial charge in [-0.2, -0.15) is 24.4 Å². The number of unbranched alkanes of at least 4 members (excludes halogenated alkanes) is 4. The van der Waals surface area contributed by atoms with E-state index < -0.39 is 142 Å². The number of cyclic esters (lactones) is 2. The van der Waals surface area contributed by atoms with Crippen molar-refractivity contribution in [2.75, 3.05) is 52.3 Å². The van der Waals surface area contributed by atoms with Crippen LogP contribution in [0.15, 0.2) is 58.1 Å². The molecule has 9 atom stereocenters. The van der Waals surface area contributed by atoms with Crippen molar-refractivity contribution >= 4 is 140 Å². The van der Waals surface area contributed by atoms with E-state index in [-0.39, 0.29) is 191 Å². The summed E-state index contributed by atoms with van der Waals surface area (Å²) in [6.07, 6.45) is 9.60. The third kappa shape index (κ3) is 23.8. The number of carbonyl (C=O) groups excluding carboxylic acids is 16. The molecule has 2 aromatic carbocycles. The molecule has 1 unspecified atom stereocenters. The molecule has 10 amide bonds. The number of halogens is 2. The first kappa shape index (κ1) is 104. The number of likely N-dealkylation sites (tertiary alicyclic amines) is 1. The van der Waals surface area contributed by atoms with Crippen molar-refractivity contribution in [3.63, 3.8) is 0 Å². The zero-order valence-corrected chi connectivity index (χ0v) is 78.6. The standard InChI is InChI=1S/C47H57FN6O12S.C46H53FN6O12.CH4S/c1-7-47(64)33-16-36-41-31(20-54(36)44(61)32(33)21-66-46(47)63)30(29-14-24(2)34(48)17-35(29)52-41)19-49-39(57)22-65-23-50-42(59)26(4)15-37(56)27(5)51-43(60)25(3)13-28(55)11-9-8-10-12-53-40(58)18-38(67-6)45(53)62;1-6-46(63)33-17-36-41-31(20-53(36)44(61)32(33)21-65-45(46)62)30(29-15-24(2)34(47)18-35(29)51-41)19-48-38(56)22-64-23-49-42(59)26(4)16-37(55)27(5)50-43(60)25(3)14-28(54)10-8-7-9-13-52-39(57)11-12-40(52)58;1-2/h14,16-17,25-27,38,64H,7-13,15,18-23H2,1-6H3,(H,49,57)(H,50,59)(H,51,60);11-12,15,17-18,25-27,63H,6-10,13-14,16,19-23H2,1-5H3,(H,48,56)(H,49,59)(H,50,60);2H,1H3/t25-,26-,27+,38?,47+;25-,26-,27+,46+;/m11./s1. The first-order valence-electron chi connectivity index (χ1n) is 44.5. The van der Waals surface area contributed by atoms with Crippen LogP contribution in [-0.2, 0) is 146 Å². The summed E-state index contributed by atoms with van der Waals surface area (Å²) >= 11 is 4.89. The number of benzene rings is 2. The largest absolute Gasteiger partial charge is 0.458 e. The number of aryl methyl sites for hydroxylation is 2. The maximum Gasteiger partial charge on any atom is 0.343 e. The van der Waals surface area contributed by atoms with Gasteiger partial charge >= 0.3 is 11.9 Å². The number of carbonyl (C=O) groups is 16. The second-order valence-corrected chi connectivity index (χ2v) is 35.4. The maximum atomic E-state index is 14.9. The minimum absolute atomic E-state index is 0.0165. The molecule has 1 saturated heterocycles. The van der Waals surface area contributed by atoms with Gasteiger partial charge in [-0.25, -0.2) is 28.3 Å². The van der Waals surface area contributed by atoms with Gasteiger partial charge in [0.1, 0.15) is 63.1 Å². The molecule has 134 heavy (non-hydrogen) atoms. The van der Waals surface area contributed by atoms with Gasteiger partial charge in [0.05, 0.1) is 75.4 Å². The number of thiol groups is 1. The number of hydrogen-bond acceptors (Lipinski definition) is 28. The fourth-order valence-electron chi connectivity index (χ4n) is 16.7.